The first-order valence-electron chi connectivity index (χ1n) is 7.78. The molecule has 1 aromatic rings. The van der Waals surface area contributed by atoms with E-state index in [1.165, 1.54) is 4.90 Å². The van der Waals surface area contributed by atoms with E-state index in [9.17, 15) is 4.79 Å². The van der Waals surface area contributed by atoms with Crippen molar-refractivity contribution in [2.45, 2.75) is 38.0 Å². The van der Waals surface area contributed by atoms with E-state index in [0.29, 0.717) is 24.8 Å². The standard InChI is InChI=1S/C17H28N2OS/c1-14(2)15(10-11-18)8-9-17(20)19-12-13-21-16-6-4-3-5-7-16/h3-7,14-15H,8-13,18H2,1-2H3,(H,19,20). The number of thioether (sulfide) groups is 1. The van der Waals surface area contributed by atoms with Crippen LogP contribution in [-0.2, 0) is 4.79 Å². The summed E-state index contributed by atoms with van der Waals surface area (Å²) in [7, 11) is 0. The number of hydrogen-bond donors (Lipinski definition) is 2. The van der Waals surface area contributed by atoms with Crippen LogP contribution in [0.15, 0.2) is 35.2 Å². The topological polar surface area (TPSA) is 55.1 Å². The summed E-state index contributed by atoms with van der Waals surface area (Å²) in [5.41, 5.74) is 5.62. The van der Waals surface area contributed by atoms with Crippen molar-refractivity contribution in [2.24, 2.45) is 17.6 Å². The van der Waals surface area contributed by atoms with Gasteiger partial charge in [0.05, 0.1) is 0 Å². The number of hydrogen-bond acceptors (Lipinski definition) is 3. The van der Waals surface area contributed by atoms with E-state index in [1.54, 1.807) is 11.8 Å². The highest BCUT2D eigenvalue weighted by Gasteiger charge is 2.14. The maximum absolute atomic E-state index is 11.8. The van der Waals surface area contributed by atoms with Crippen molar-refractivity contribution in [1.29, 1.82) is 0 Å². The first-order chi connectivity index (χ1) is 10.1. The number of carbonyl (C=O) groups excluding carboxylic acids is 1. The van der Waals surface area contributed by atoms with Gasteiger partial charge in [0, 0.05) is 23.6 Å². The van der Waals surface area contributed by atoms with E-state index in [4.69, 9.17) is 5.73 Å². The molecule has 0 aliphatic heterocycles. The van der Waals surface area contributed by atoms with Crippen molar-refractivity contribution in [2.75, 3.05) is 18.8 Å². The predicted molar refractivity (Wildman–Crippen MR) is 91.4 cm³/mol. The minimum Gasteiger partial charge on any atom is -0.355 e. The van der Waals surface area contributed by atoms with Crippen LogP contribution in [-0.4, -0.2) is 24.7 Å². The van der Waals surface area contributed by atoms with E-state index in [-0.39, 0.29) is 5.91 Å². The summed E-state index contributed by atoms with van der Waals surface area (Å²) in [5, 5.41) is 3.00. The van der Waals surface area contributed by atoms with Gasteiger partial charge in [-0.2, -0.15) is 0 Å². The Bertz CT molecular complexity index is 395. The van der Waals surface area contributed by atoms with Gasteiger partial charge in [-0.05, 0) is 43.4 Å². The molecule has 3 nitrogen and oxygen atoms in total. The molecule has 0 aliphatic rings. The van der Waals surface area contributed by atoms with Crippen LogP contribution >= 0.6 is 11.8 Å². The van der Waals surface area contributed by atoms with Gasteiger partial charge in [0.25, 0.3) is 0 Å². The minimum atomic E-state index is 0.159. The Kier molecular flexibility index (Phi) is 9.19. The van der Waals surface area contributed by atoms with Gasteiger partial charge < -0.3 is 11.1 Å². The van der Waals surface area contributed by atoms with E-state index in [0.717, 1.165) is 25.1 Å². The normalized spacial score (nSPS) is 12.4. The average Bonchev–Trinajstić information content (AvgIpc) is 2.48. The maximum atomic E-state index is 11.8. The Morgan fingerprint density at radius 3 is 2.57 bits per heavy atom. The third kappa shape index (κ3) is 8.12. The lowest BCUT2D eigenvalue weighted by molar-refractivity contribution is -0.121. The molecular formula is C17H28N2OS. The summed E-state index contributed by atoms with van der Waals surface area (Å²) in [4.78, 5) is 13.1. The first-order valence-corrected chi connectivity index (χ1v) is 8.76. The maximum Gasteiger partial charge on any atom is 0.220 e. The van der Waals surface area contributed by atoms with Crippen molar-refractivity contribution in [3.05, 3.63) is 30.3 Å². The molecule has 0 heterocycles. The van der Waals surface area contributed by atoms with Gasteiger partial charge >= 0.3 is 0 Å². The summed E-state index contributed by atoms with van der Waals surface area (Å²) in [6.07, 6.45) is 2.56. The van der Waals surface area contributed by atoms with Crippen molar-refractivity contribution >= 4 is 17.7 Å². The second kappa shape index (κ2) is 10.7. The molecule has 0 aromatic heterocycles. The van der Waals surface area contributed by atoms with Crippen LogP contribution in [0.1, 0.15) is 33.1 Å². The number of nitrogens with one attached hydrogen (secondary N) is 1. The Labute approximate surface area is 133 Å². The zero-order valence-corrected chi connectivity index (χ0v) is 14.0. The lowest BCUT2D eigenvalue weighted by Gasteiger charge is -2.19. The number of benzene rings is 1. The molecule has 1 unspecified atom stereocenters. The van der Waals surface area contributed by atoms with Crippen LogP contribution < -0.4 is 11.1 Å². The van der Waals surface area contributed by atoms with Crippen molar-refractivity contribution in [3.63, 3.8) is 0 Å². The fourth-order valence-electron chi connectivity index (χ4n) is 2.31. The molecule has 3 N–H and O–H groups in total. The van der Waals surface area contributed by atoms with Crippen LogP contribution in [0.25, 0.3) is 0 Å². The fourth-order valence-corrected chi connectivity index (χ4v) is 3.10. The van der Waals surface area contributed by atoms with Gasteiger partial charge in [0.15, 0.2) is 0 Å². The number of amides is 1. The number of rotatable bonds is 10. The Hall–Kier alpha value is -1.00. The predicted octanol–water partition coefficient (Wildman–Crippen LogP) is 3.30. The molecule has 0 aliphatic carbocycles. The zero-order valence-electron chi connectivity index (χ0n) is 13.2. The lowest BCUT2D eigenvalue weighted by Crippen LogP contribution is -2.26. The molecule has 0 fully saturated rings. The Balaban J connectivity index is 2.13. The Morgan fingerprint density at radius 2 is 1.95 bits per heavy atom. The van der Waals surface area contributed by atoms with Crippen LogP contribution in [0.3, 0.4) is 0 Å². The molecule has 0 saturated heterocycles. The van der Waals surface area contributed by atoms with Gasteiger partial charge in [0.2, 0.25) is 5.91 Å². The molecule has 0 saturated carbocycles. The molecule has 4 heteroatoms. The monoisotopic (exact) mass is 308 g/mol. The number of nitrogens with two attached hydrogens (primary N) is 1. The van der Waals surface area contributed by atoms with E-state index in [2.05, 4.69) is 31.3 Å². The van der Waals surface area contributed by atoms with Crippen molar-refractivity contribution in [3.8, 4) is 0 Å². The highest BCUT2D eigenvalue weighted by molar-refractivity contribution is 7.99. The molecule has 118 valence electrons. The Morgan fingerprint density at radius 1 is 1.24 bits per heavy atom. The van der Waals surface area contributed by atoms with Crippen LogP contribution in [0, 0.1) is 11.8 Å². The molecule has 0 bridgehead atoms. The summed E-state index contributed by atoms with van der Waals surface area (Å²) >= 11 is 1.77. The molecule has 0 radical (unpaired) electrons. The van der Waals surface area contributed by atoms with Crippen LogP contribution in [0.5, 0.6) is 0 Å². The van der Waals surface area contributed by atoms with Crippen LogP contribution in [0.2, 0.25) is 0 Å². The number of carbonyl (C=O) groups is 1. The third-order valence-electron chi connectivity index (χ3n) is 3.66. The average molecular weight is 308 g/mol. The SMILES string of the molecule is CC(C)C(CCN)CCC(=O)NCCSc1ccccc1. The van der Waals surface area contributed by atoms with E-state index < -0.39 is 0 Å². The van der Waals surface area contributed by atoms with Crippen molar-refractivity contribution in [1.82, 2.24) is 5.32 Å². The summed E-state index contributed by atoms with van der Waals surface area (Å²) < 4.78 is 0. The summed E-state index contributed by atoms with van der Waals surface area (Å²) in [5.74, 6) is 2.22. The molecular weight excluding hydrogens is 280 g/mol. The molecule has 1 atom stereocenters. The second-order valence-electron chi connectivity index (χ2n) is 5.63. The van der Waals surface area contributed by atoms with E-state index >= 15 is 0 Å². The molecule has 0 spiro atoms. The summed E-state index contributed by atoms with van der Waals surface area (Å²) in [6.45, 7) is 5.84. The quantitative estimate of drug-likeness (QED) is 0.515. The molecule has 1 amide bonds. The largest absolute Gasteiger partial charge is 0.355 e. The smallest absolute Gasteiger partial charge is 0.220 e. The van der Waals surface area contributed by atoms with Gasteiger partial charge in [0.1, 0.15) is 0 Å². The highest BCUT2D eigenvalue weighted by atomic mass is 32.2. The molecule has 1 rings (SSSR count). The van der Waals surface area contributed by atoms with Gasteiger partial charge in [-0.25, -0.2) is 0 Å². The fraction of sp³-hybridized carbons (Fsp3) is 0.588. The van der Waals surface area contributed by atoms with Gasteiger partial charge in [-0.1, -0.05) is 32.0 Å². The van der Waals surface area contributed by atoms with E-state index in [1.807, 2.05) is 18.2 Å². The third-order valence-corrected chi connectivity index (χ3v) is 4.67. The molecule has 1 aromatic carbocycles. The minimum absolute atomic E-state index is 0.159. The van der Waals surface area contributed by atoms with Gasteiger partial charge in [-0.3, -0.25) is 4.79 Å². The van der Waals surface area contributed by atoms with Crippen molar-refractivity contribution < 1.29 is 4.79 Å². The second-order valence-corrected chi connectivity index (χ2v) is 6.80. The lowest BCUT2D eigenvalue weighted by atomic mass is 9.88. The summed E-state index contributed by atoms with van der Waals surface area (Å²) in [6, 6.07) is 10.3. The zero-order chi connectivity index (χ0) is 15.5. The van der Waals surface area contributed by atoms with Gasteiger partial charge in [-0.15, -0.1) is 11.8 Å². The van der Waals surface area contributed by atoms with Crippen LogP contribution in [0.4, 0.5) is 0 Å². The molecule has 21 heavy (non-hydrogen) atoms. The highest BCUT2D eigenvalue weighted by Crippen LogP contribution is 2.20. The first kappa shape index (κ1) is 18.1.